The van der Waals surface area contributed by atoms with Crippen molar-refractivity contribution in [2.45, 2.75) is 24.8 Å². The quantitative estimate of drug-likeness (QED) is 0.555. The van der Waals surface area contributed by atoms with Crippen LogP contribution in [0.1, 0.15) is 24.8 Å². The van der Waals surface area contributed by atoms with E-state index in [1.807, 2.05) is 24.3 Å². The zero-order valence-corrected chi connectivity index (χ0v) is 11.4. The average molecular weight is 277 g/mol. The first-order valence-corrected chi connectivity index (χ1v) is 6.55. The van der Waals surface area contributed by atoms with E-state index < -0.39 is 0 Å². The van der Waals surface area contributed by atoms with Gasteiger partial charge >= 0.3 is 12.0 Å². The molecule has 0 unspecified atom stereocenters. The number of nitrogens with one attached hydrogen (secondary N) is 2. The molecule has 0 spiro atoms. The molecule has 6 heteroatoms. The summed E-state index contributed by atoms with van der Waals surface area (Å²) in [5.41, 5.74) is 7.21. The minimum absolute atomic E-state index is 0.157. The molecule has 0 saturated heterocycles. The highest BCUT2D eigenvalue weighted by atomic mass is 16.5. The minimum atomic E-state index is -0.360. The molecule has 0 atom stereocenters. The van der Waals surface area contributed by atoms with Crippen molar-refractivity contribution in [2.75, 3.05) is 19.4 Å². The van der Waals surface area contributed by atoms with E-state index in [1.165, 1.54) is 7.11 Å². The van der Waals surface area contributed by atoms with Crippen LogP contribution in [0.15, 0.2) is 24.3 Å². The molecule has 6 nitrogen and oxygen atoms in total. The second-order valence-electron chi connectivity index (χ2n) is 4.88. The normalized spacial score (nSPS) is 15.2. The number of methoxy groups -OCH3 is 1. The highest BCUT2D eigenvalue weighted by molar-refractivity contribution is 5.77. The number of urea groups is 1. The van der Waals surface area contributed by atoms with Gasteiger partial charge in [-0.05, 0) is 18.9 Å². The van der Waals surface area contributed by atoms with Gasteiger partial charge in [-0.1, -0.05) is 18.2 Å². The van der Waals surface area contributed by atoms with Crippen molar-refractivity contribution in [1.29, 1.82) is 0 Å². The van der Waals surface area contributed by atoms with E-state index >= 15 is 0 Å². The third-order valence-corrected chi connectivity index (χ3v) is 3.42. The molecule has 2 rings (SSSR count). The molecule has 108 valence electrons. The molecular weight excluding hydrogens is 258 g/mol. The lowest BCUT2D eigenvalue weighted by atomic mass is 10.0. The summed E-state index contributed by atoms with van der Waals surface area (Å²) in [5, 5.41) is 5.58. The third kappa shape index (κ3) is 3.20. The number of anilines is 1. The Morgan fingerprint density at radius 1 is 1.35 bits per heavy atom. The number of nitrogen functional groups attached to an aromatic ring is 1. The number of carbonyl (C=O) groups is 2. The number of benzene rings is 1. The number of esters is 1. The fourth-order valence-electron chi connectivity index (χ4n) is 2.16. The van der Waals surface area contributed by atoms with Crippen LogP contribution in [0.3, 0.4) is 0 Å². The first kappa shape index (κ1) is 14.2. The van der Waals surface area contributed by atoms with Gasteiger partial charge in [0.05, 0.1) is 19.1 Å². The van der Waals surface area contributed by atoms with E-state index in [-0.39, 0.29) is 30.5 Å². The molecule has 0 aromatic heterocycles. The SMILES string of the molecule is COC(=O)CCNC(=O)NC1(c2ccccc2N)CC1. The van der Waals surface area contributed by atoms with E-state index in [1.54, 1.807) is 0 Å². The van der Waals surface area contributed by atoms with Crippen LogP contribution in [-0.2, 0) is 15.1 Å². The average Bonchev–Trinajstić information content (AvgIpc) is 3.19. The summed E-state index contributed by atoms with van der Waals surface area (Å²) in [6.45, 7) is 0.249. The van der Waals surface area contributed by atoms with Crippen molar-refractivity contribution >= 4 is 17.7 Å². The lowest BCUT2D eigenvalue weighted by Crippen LogP contribution is -2.43. The molecular formula is C14H19N3O3. The van der Waals surface area contributed by atoms with Crippen LogP contribution < -0.4 is 16.4 Å². The summed E-state index contributed by atoms with van der Waals surface area (Å²) >= 11 is 0. The van der Waals surface area contributed by atoms with Crippen molar-refractivity contribution in [3.8, 4) is 0 Å². The molecule has 0 radical (unpaired) electrons. The largest absolute Gasteiger partial charge is 0.469 e. The third-order valence-electron chi connectivity index (χ3n) is 3.42. The van der Waals surface area contributed by atoms with E-state index in [4.69, 9.17) is 5.73 Å². The smallest absolute Gasteiger partial charge is 0.315 e. The maximum atomic E-state index is 11.8. The maximum absolute atomic E-state index is 11.8. The number of nitrogens with two attached hydrogens (primary N) is 1. The number of ether oxygens (including phenoxy) is 1. The number of hydrogen-bond acceptors (Lipinski definition) is 4. The number of hydrogen-bond donors (Lipinski definition) is 3. The van der Waals surface area contributed by atoms with Crippen LogP contribution in [0.2, 0.25) is 0 Å². The van der Waals surface area contributed by atoms with Crippen molar-refractivity contribution in [2.24, 2.45) is 0 Å². The molecule has 4 N–H and O–H groups in total. The Bertz CT molecular complexity index is 512. The second-order valence-corrected chi connectivity index (χ2v) is 4.88. The van der Waals surface area contributed by atoms with Crippen molar-refractivity contribution in [1.82, 2.24) is 10.6 Å². The number of amides is 2. The van der Waals surface area contributed by atoms with Crippen LogP contribution >= 0.6 is 0 Å². The number of para-hydroxylation sites is 1. The van der Waals surface area contributed by atoms with Crippen LogP contribution in [0.4, 0.5) is 10.5 Å². The predicted molar refractivity (Wildman–Crippen MR) is 74.9 cm³/mol. The standard InChI is InChI=1S/C14H19N3O3/c1-20-12(18)6-9-16-13(19)17-14(7-8-14)10-4-2-3-5-11(10)15/h2-5H,6-9,15H2,1H3,(H2,16,17,19). The molecule has 1 aliphatic rings. The van der Waals surface area contributed by atoms with E-state index in [0.29, 0.717) is 5.69 Å². The van der Waals surface area contributed by atoms with Crippen LogP contribution in [-0.4, -0.2) is 25.7 Å². The van der Waals surface area contributed by atoms with Crippen LogP contribution in [0, 0.1) is 0 Å². The molecule has 0 bridgehead atoms. The molecule has 0 heterocycles. The van der Waals surface area contributed by atoms with Crippen molar-refractivity contribution in [3.05, 3.63) is 29.8 Å². The molecule has 1 saturated carbocycles. The van der Waals surface area contributed by atoms with E-state index in [0.717, 1.165) is 18.4 Å². The highest BCUT2D eigenvalue weighted by Gasteiger charge is 2.46. The molecule has 20 heavy (non-hydrogen) atoms. The van der Waals surface area contributed by atoms with E-state index in [2.05, 4.69) is 15.4 Å². The van der Waals surface area contributed by atoms with Gasteiger partial charge < -0.3 is 21.1 Å². The minimum Gasteiger partial charge on any atom is -0.469 e. The molecule has 1 fully saturated rings. The van der Waals surface area contributed by atoms with Gasteiger partial charge in [-0.25, -0.2) is 4.79 Å². The summed E-state index contributed by atoms with van der Waals surface area (Å²) in [5.74, 6) is -0.348. The zero-order chi connectivity index (χ0) is 14.6. The lowest BCUT2D eigenvalue weighted by molar-refractivity contribution is -0.140. The molecule has 2 amide bonds. The van der Waals surface area contributed by atoms with Gasteiger partial charge in [-0.2, -0.15) is 0 Å². The second kappa shape index (κ2) is 5.81. The van der Waals surface area contributed by atoms with Crippen molar-refractivity contribution < 1.29 is 14.3 Å². The maximum Gasteiger partial charge on any atom is 0.315 e. The van der Waals surface area contributed by atoms with E-state index in [9.17, 15) is 9.59 Å². The number of rotatable bonds is 5. The van der Waals surface area contributed by atoms with Gasteiger partial charge in [0.15, 0.2) is 0 Å². The molecule has 1 aromatic carbocycles. The topological polar surface area (TPSA) is 93.4 Å². The zero-order valence-electron chi connectivity index (χ0n) is 11.4. The van der Waals surface area contributed by atoms with Crippen LogP contribution in [0.25, 0.3) is 0 Å². The van der Waals surface area contributed by atoms with Crippen molar-refractivity contribution in [3.63, 3.8) is 0 Å². The van der Waals surface area contributed by atoms with Gasteiger partial charge in [0.1, 0.15) is 0 Å². The predicted octanol–water partition coefficient (Wildman–Crippen LogP) is 1.12. The fraction of sp³-hybridized carbons (Fsp3) is 0.429. The molecule has 0 aliphatic heterocycles. The Morgan fingerprint density at radius 3 is 2.65 bits per heavy atom. The summed E-state index contributed by atoms with van der Waals surface area (Å²) in [6, 6.07) is 7.23. The summed E-state index contributed by atoms with van der Waals surface area (Å²) in [7, 11) is 1.32. The van der Waals surface area contributed by atoms with Gasteiger partial charge in [-0.3, -0.25) is 4.79 Å². The summed E-state index contributed by atoms with van der Waals surface area (Å²) < 4.78 is 4.50. The highest BCUT2D eigenvalue weighted by Crippen LogP contribution is 2.47. The number of carbonyl (C=O) groups excluding carboxylic acids is 2. The Morgan fingerprint density at radius 2 is 2.05 bits per heavy atom. The van der Waals surface area contributed by atoms with Gasteiger partial charge in [0, 0.05) is 17.8 Å². The monoisotopic (exact) mass is 277 g/mol. The first-order chi connectivity index (χ1) is 9.57. The van der Waals surface area contributed by atoms with Gasteiger partial charge in [-0.15, -0.1) is 0 Å². The Labute approximate surface area is 117 Å². The molecule has 1 aromatic rings. The fourth-order valence-corrected chi connectivity index (χ4v) is 2.16. The van der Waals surface area contributed by atoms with Gasteiger partial charge in [0.25, 0.3) is 0 Å². The van der Waals surface area contributed by atoms with Gasteiger partial charge in [0.2, 0.25) is 0 Å². The Hall–Kier alpha value is -2.24. The first-order valence-electron chi connectivity index (χ1n) is 6.55. The Kier molecular flexibility index (Phi) is 4.12. The van der Waals surface area contributed by atoms with Crippen LogP contribution in [0.5, 0.6) is 0 Å². The lowest BCUT2D eigenvalue weighted by Gasteiger charge is -2.20. The molecule has 1 aliphatic carbocycles. The Balaban J connectivity index is 1.88. The summed E-state index contributed by atoms with van der Waals surface area (Å²) in [6.07, 6.45) is 1.89. The summed E-state index contributed by atoms with van der Waals surface area (Å²) in [4.78, 5) is 22.8.